The van der Waals surface area contributed by atoms with E-state index in [1.807, 2.05) is 19.1 Å². The molecule has 0 saturated heterocycles. The summed E-state index contributed by atoms with van der Waals surface area (Å²) in [4.78, 5) is 18.4. The van der Waals surface area contributed by atoms with Crippen LogP contribution in [0.25, 0.3) is 16.6 Å². The van der Waals surface area contributed by atoms with E-state index in [0.29, 0.717) is 5.56 Å². The number of primary amides is 1. The summed E-state index contributed by atoms with van der Waals surface area (Å²) in [5.74, 6) is -0.475. The molecule has 86 valence electrons. The molecule has 0 spiro atoms. The average molecular weight is 227 g/mol. The lowest BCUT2D eigenvalue weighted by Crippen LogP contribution is -2.10. The molecule has 0 fully saturated rings. The number of nitrogens with zero attached hydrogens (tertiary/aromatic N) is 1. The molecule has 0 aromatic carbocycles. The van der Waals surface area contributed by atoms with E-state index in [2.05, 4.69) is 16.5 Å². The molecule has 0 aliphatic rings. The van der Waals surface area contributed by atoms with E-state index in [9.17, 15) is 4.79 Å². The number of carbonyl (C=O) groups excluding carboxylic acids is 1. The number of amides is 1. The summed E-state index contributed by atoms with van der Waals surface area (Å²) in [5.41, 5.74) is 8.25. The van der Waals surface area contributed by atoms with Crippen molar-refractivity contribution in [1.82, 2.24) is 9.97 Å². The summed E-state index contributed by atoms with van der Waals surface area (Å²) in [6.07, 6.45) is 5.18. The van der Waals surface area contributed by atoms with E-state index in [-0.39, 0.29) is 0 Å². The van der Waals surface area contributed by atoms with Crippen LogP contribution < -0.4 is 5.73 Å². The smallest absolute Gasteiger partial charge is 0.250 e. The summed E-state index contributed by atoms with van der Waals surface area (Å²) in [7, 11) is 0. The van der Waals surface area contributed by atoms with Crippen LogP contribution in [0.5, 0.6) is 0 Å². The number of aromatic amines is 1. The highest BCUT2D eigenvalue weighted by Crippen LogP contribution is 2.20. The molecule has 3 N–H and O–H groups in total. The maximum atomic E-state index is 11.0. The lowest BCUT2D eigenvalue weighted by molar-refractivity contribution is 0.1000. The molecule has 2 rings (SSSR count). The van der Waals surface area contributed by atoms with Gasteiger partial charge in [0, 0.05) is 17.3 Å². The van der Waals surface area contributed by atoms with Gasteiger partial charge in [-0.1, -0.05) is 18.7 Å². The summed E-state index contributed by atoms with van der Waals surface area (Å²) in [6, 6.07) is 3.65. The Balaban J connectivity index is 2.58. The predicted molar refractivity (Wildman–Crippen MR) is 68.5 cm³/mol. The van der Waals surface area contributed by atoms with Gasteiger partial charge in [-0.3, -0.25) is 4.79 Å². The number of pyridine rings is 1. The van der Waals surface area contributed by atoms with E-state index in [1.165, 1.54) is 6.20 Å². The number of nitrogens with one attached hydrogen (secondary N) is 1. The van der Waals surface area contributed by atoms with Crippen molar-refractivity contribution in [3.63, 3.8) is 0 Å². The van der Waals surface area contributed by atoms with E-state index in [4.69, 9.17) is 5.73 Å². The van der Waals surface area contributed by atoms with Crippen LogP contribution in [0.1, 0.15) is 23.0 Å². The van der Waals surface area contributed by atoms with Gasteiger partial charge in [-0.25, -0.2) is 4.98 Å². The number of allylic oxidation sites excluding steroid dienone is 3. The van der Waals surface area contributed by atoms with Gasteiger partial charge in [-0.2, -0.15) is 0 Å². The third-order valence-corrected chi connectivity index (χ3v) is 2.60. The number of rotatable bonds is 3. The summed E-state index contributed by atoms with van der Waals surface area (Å²) in [5, 5.41) is 0.859. The first-order valence-corrected chi connectivity index (χ1v) is 5.23. The van der Waals surface area contributed by atoms with Gasteiger partial charge in [0.25, 0.3) is 0 Å². The fourth-order valence-corrected chi connectivity index (χ4v) is 1.69. The fourth-order valence-electron chi connectivity index (χ4n) is 1.69. The highest BCUT2D eigenvalue weighted by molar-refractivity contribution is 5.96. The molecular formula is C13H13N3O. The monoisotopic (exact) mass is 227 g/mol. The number of hydrogen-bond acceptors (Lipinski definition) is 2. The van der Waals surface area contributed by atoms with Crippen molar-refractivity contribution in [2.24, 2.45) is 5.73 Å². The zero-order valence-corrected chi connectivity index (χ0v) is 9.53. The summed E-state index contributed by atoms with van der Waals surface area (Å²) < 4.78 is 0. The van der Waals surface area contributed by atoms with Gasteiger partial charge in [0.05, 0.1) is 5.56 Å². The van der Waals surface area contributed by atoms with E-state index >= 15 is 0 Å². The predicted octanol–water partition coefficient (Wildman–Crippen LogP) is 2.25. The highest BCUT2D eigenvalue weighted by Gasteiger charge is 2.07. The molecule has 0 saturated carbocycles. The number of fused-ring (bicyclic) bond motifs is 1. The van der Waals surface area contributed by atoms with E-state index < -0.39 is 5.91 Å². The molecule has 4 nitrogen and oxygen atoms in total. The zero-order chi connectivity index (χ0) is 12.4. The molecule has 0 atom stereocenters. The van der Waals surface area contributed by atoms with E-state index in [1.54, 1.807) is 12.1 Å². The minimum absolute atomic E-state index is 0.406. The molecule has 17 heavy (non-hydrogen) atoms. The number of H-pyrrole nitrogens is 1. The van der Waals surface area contributed by atoms with Gasteiger partial charge < -0.3 is 10.7 Å². The fraction of sp³-hybridized carbons (Fsp3) is 0.0769. The van der Waals surface area contributed by atoms with Gasteiger partial charge in [-0.05, 0) is 24.6 Å². The highest BCUT2D eigenvalue weighted by atomic mass is 16.1. The van der Waals surface area contributed by atoms with Gasteiger partial charge in [-0.15, -0.1) is 0 Å². The van der Waals surface area contributed by atoms with Crippen LogP contribution in [0.4, 0.5) is 0 Å². The van der Waals surface area contributed by atoms with Gasteiger partial charge in [0.2, 0.25) is 5.91 Å². The molecule has 2 aromatic rings. The molecule has 0 aliphatic carbocycles. The topological polar surface area (TPSA) is 71.8 Å². The van der Waals surface area contributed by atoms with Crippen molar-refractivity contribution in [2.75, 3.05) is 0 Å². The SMILES string of the molecule is C=C/C(=C\C)c1cc2cc(C(N)=O)cnc2[nH]1. The largest absolute Gasteiger partial charge is 0.366 e. The maximum Gasteiger partial charge on any atom is 0.250 e. The molecule has 0 radical (unpaired) electrons. The first-order valence-electron chi connectivity index (χ1n) is 5.23. The van der Waals surface area contributed by atoms with Crippen LogP contribution >= 0.6 is 0 Å². The minimum atomic E-state index is -0.475. The Morgan fingerprint density at radius 2 is 2.29 bits per heavy atom. The van der Waals surface area contributed by atoms with Crippen LogP contribution in [0, 0.1) is 0 Å². The second-order valence-electron chi connectivity index (χ2n) is 3.66. The Bertz CT molecular complexity index is 623. The Labute approximate surface area is 98.9 Å². The van der Waals surface area contributed by atoms with Crippen molar-refractivity contribution in [2.45, 2.75) is 6.92 Å². The number of hydrogen-bond donors (Lipinski definition) is 2. The average Bonchev–Trinajstić information content (AvgIpc) is 2.72. The first-order chi connectivity index (χ1) is 8.15. The molecule has 1 amide bonds. The molecule has 0 bridgehead atoms. The van der Waals surface area contributed by atoms with Crippen molar-refractivity contribution >= 4 is 22.5 Å². The Morgan fingerprint density at radius 1 is 1.53 bits per heavy atom. The molecule has 0 unspecified atom stereocenters. The van der Waals surface area contributed by atoms with Crippen molar-refractivity contribution in [3.8, 4) is 0 Å². The van der Waals surface area contributed by atoms with Crippen LogP contribution in [-0.2, 0) is 0 Å². The summed E-state index contributed by atoms with van der Waals surface area (Å²) >= 11 is 0. The molecular weight excluding hydrogens is 214 g/mol. The maximum absolute atomic E-state index is 11.0. The number of carbonyl (C=O) groups is 1. The Hall–Kier alpha value is -2.36. The van der Waals surface area contributed by atoms with E-state index in [0.717, 1.165) is 22.3 Å². The molecule has 4 heteroatoms. The normalized spacial score (nSPS) is 11.7. The quantitative estimate of drug-likeness (QED) is 0.789. The summed E-state index contributed by atoms with van der Waals surface area (Å²) in [6.45, 7) is 5.68. The second-order valence-corrected chi connectivity index (χ2v) is 3.66. The van der Waals surface area contributed by atoms with Gasteiger partial charge in [0.1, 0.15) is 5.65 Å². The first kappa shape index (κ1) is 11.1. The standard InChI is InChI=1S/C13H13N3O/c1-3-8(4-2)11-6-9-5-10(12(14)17)7-15-13(9)16-11/h3-7H,1H2,2H3,(H2,14,17)(H,15,16)/b8-4+. The van der Waals surface area contributed by atoms with Crippen LogP contribution in [0.15, 0.2) is 37.1 Å². The molecule has 0 aliphatic heterocycles. The number of aromatic nitrogens is 2. The van der Waals surface area contributed by atoms with Gasteiger partial charge in [0.15, 0.2) is 0 Å². The van der Waals surface area contributed by atoms with Crippen LogP contribution in [0.3, 0.4) is 0 Å². The van der Waals surface area contributed by atoms with Crippen molar-refractivity contribution < 1.29 is 4.79 Å². The Morgan fingerprint density at radius 3 is 2.88 bits per heavy atom. The molecule has 2 heterocycles. The van der Waals surface area contributed by atoms with Crippen molar-refractivity contribution in [1.29, 1.82) is 0 Å². The zero-order valence-electron chi connectivity index (χ0n) is 9.53. The second kappa shape index (κ2) is 4.25. The lowest BCUT2D eigenvalue weighted by atomic mass is 10.1. The molecule has 2 aromatic heterocycles. The minimum Gasteiger partial charge on any atom is -0.366 e. The number of nitrogens with two attached hydrogens (primary N) is 1. The van der Waals surface area contributed by atoms with Gasteiger partial charge >= 0.3 is 0 Å². The van der Waals surface area contributed by atoms with Crippen molar-refractivity contribution in [3.05, 3.63) is 48.3 Å². The Kier molecular flexibility index (Phi) is 2.78. The lowest BCUT2D eigenvalue weighted by Gasteiger charge is -1.94. The van der Waals surface area contributed by atoms with Crippen LogP contribution in [0.2, 0.25) is 0 Å². The third kappa shape index (κ3) is 1.97. The third-order valence-electron chi connectivity index (χ3n) is 2.60. The van der Waals surface area contributed by atoms with Crippen LogP contribution in [-0.4, -0.2) is 15.9 Å².